The van der Waals surface area contributed by atoms with Crippen molar-refractivity contribution in [3.63, 3.8) is 0 Å². The molecular weight excluding hydrogens is 284 g/mol. The van der Waals surface area contributed by atoms with E-state index < -0.39 is 11.6 Å². The molecule has 0 saturated carbocycles. The molecule has 1 heterocycles. The first-order valence-electron chi connectivity index (χ1n) is 5.81. The fraction of sp³-hybridized carbons (Fsp3) is 0.214. The van der Waals surface area contributed by atoms with Gasteiger partial charge in [-0.25, -0.2) is 8.78 Å². The Hall–Kier alpha value is -1.82. The standard InChI is InChI=1S/C14H13F2NO2S/c1-17-12(4-3-5-13(17)18)14-10(15)6-9(7-11(14)16)19-8-20-2/h3-7H,8H2,1-2H3. The zero-order valence-electron chi connectivity index (χ0n) is 11.0. The minimum absolute atomic E-state index is 0.124. The number of halogens is 2. The Morgan fingerprint density at radius 3 is 2.50 bits per heavy atom. The molecule has 0 N–H and O–H groups in total. The number of nitrogens with zero attached hydrogens (tertiary/aromatic N) is 1. The summed E-state index contributed by atoms with van der Waals surface area (Å²) >= 11 is 1.40. The summed E-state index contributed by atoms with van der Waals surface area (Å²) in [7, 11) is 1.47. The van der Waals surface area contributed by atoms with Gasteiger partial charge in [-0.05, 0) is 12.3 Å². The van der Waals surface area contributed by atoms with Crippen molar-refractivity contribution in [1.29, 1.82) is 0 Å². The molecule has 0 aliphatic rings. The van der Waals surface area contributed by atoms with Gasteiger partial charge in [0.25, 0.3) is 5.56 Å². The molecule has 0 bridgehead atoms. The third-order valence-corrected chi connectivity index (χ3v) is 3.15. The van der Waals surface area contributed by atoms with E-state index in [-0.39, 0.29) is 22.6 Å². The summed E-state index contributed by atoms with van der Waals surface area (Å²) in [5, 5.41) is 0. The third-order valence-electron chi connectivity index (χ3n) is 2.80. The van der Waals surface area contributed by atoms with Crippen molar-refractivity contribution in [1.82, 2.24) is 4.57 Å². The second kappa shape index (κ2) is 6.09. The normalized spacial score (nSPS) is 10.6. The van der Waals surface area contributed by atoms with Crippen LogP contribution < -0.4 is 10.3 Å². The average molecular weight is 297 g/mol. The van der Waals surface area contributed by atoms with Crippen LogP contribution in [0.1, 0.15) is 0 Å². The minimum atomic E-state index is -0.762. The predicted molar refractivity (Wildman–Crippen MR) is 76.0 cm³/mol. The third kappa shape index (κ3) is 2.85. The van der Waals surface area contributed by atoms with Crippen molar-refractivity contribution in [3.05, 3.63) is 52.3 Å². The number of ether oxygens (including phenoxy) is 1. The number of thioether (sulfide) groups is 1. The molecule has 0 unspecified atom stereocenters. The Bertz CT molecular complexity index is 662. The first-order chi connectivity index (χ1) is 9.54. The number of hydrogen-bond donors (Lipinski definition) is 0. The van der Waals surface area contributed by atoms with Gasteiger partial charge in [0.1, 0.15) is 23.3 Å². The highest BCUT2D eigenvalue weighted by atomic mass is 32.2. The van der Waals surface area contributed by atoms with Crippen LogP contribution in [-0.4, -0.2) is 16.8 Å². The van der Waals surface area contributed by atoms with Crippen LogP contribution in [0.3, 0.4) is 0 Å². The van der Waals surface area contributed by atoms with Gasteiger partial charge in [0.2, 0.25) is 0 Å². The summed E-state index contributed by atoms with van der Waals surface area (Å²) in [5.74, 6) is -1.09. The molecule has 6 heteroatoms. The molecule has 2 aromatic rings. The van der Waals surface area contributed by atoms with Gasteiger partial charge in [-0.3, -0.25) is 4.79 Å². The summed E-state index contributed by atoms with van der Waals surface area (Å²) in [5.41, 5.74) is -0.380. The molecule has 0 spiro atoms. The Morgan fingerprint density at radius 1 is 1.25 bits per heavy atom. The van der Waals surface area contributed by atoms with Crippen LogP contribution in [0.2, 0.25) is 0 Å². The van der Waals surface area contributed by atoms with Gasteiger partial charge in [0.05, 0.1) is 11.3 Å². The lowest BCUT2D eigenvalue weighted by molar-refractivity contribution is 0.387. The summed E-state index contributed by atoms with van der Waals surface area (Å²) in [6.07, 6.45) is 1.82. The van der Waals surface area contributed by atoms with Gasteiger partial charge >= 0.3 is 0 Å². The zero-order chi connectivity index (χ0) is 14.7. The number of benzene rings is 1. The Kier molecular flexibility index (Phi) is 4.44. The second-order valence-electron chi connectivity index (χ2n) is 4.12. The van der Waals surface area contributed by atoms with Gasteiger partial charge < -0.3 is 9.30 Å². The summed E-state index contributed by atoms with van der Waals surface area (Å²) in [6.45, 7) is 0. The first-order valence-corrected chi connectivity index (χ1v) is 7.21. The van der Waals surface area contributed by atoms with Crippen molar-refractivity contribution in [2.24, 2.45) is 7.05 Å². The Morgan fingerprint density at radius 2 is 1.90 bits per heavy atom. The van der Waals surface area contributed by atoms with E-state index in [1.165, 1.54) is 41.6 Å². The average Bonchev–Trinajstić information content (AvgIpc) is 2.40. The summed E-state index contributed by atoms with van der Waals surface area (Å²) in [4.78, 5) is 11.5. The number of pyridine rings is 1. The highest BCUT2D eigenvalue weighted by Crippen LogP contribution is 2.29. The van der Waals surface area contributed by atoms with Gasteiger partial charge in [0.15, 0.2) is 0 Å². The predicted octanol–water partition coefficient (Wildman–Crippen LogP) is 3.03. The van der Waals surface area contributed by atoms with Crippen LogP contribution in [0.25, 0.3) is 11.3 Å². The lowest BCUT2D eigenvalue weighted by Crippen LogP contribution is -2.17. The molecule has 0 aliphatic heterocycles. The maximum absolute atomic E-state index is 14.1. The number of rotatable bonds is 4. The van der Waals surface area contributed by atoms with E-state index in [0.717, 1.165) is 12.1 Å². The SMILES string of the molecule is CSCOc1cc(F)c(-c2cccc(=O)n2C)c(F)c1. The van der Waals surface area contributed by atoms with Crippen molar-refractivity contribution < 1.29 is 13.5 Å². The molecule has 0 radical (unpaired) electrons. The molecule has 1 aromatic heterocycles. The quantitative estimate of drug-likeness (QED) is 0.813. The van der Waals surface area contributed by atoms with E-state index >= 15 is 0 Å². The first kappa shape index (κ1) is 14.6. The molecular formula is C14H13F2NO2S. The van der Waals surface area contributed by atoms with Crippen molar-refractivity contribution in [3.8, 4) is 17.0 Å². The van der Waals surface area contributed by atoms with E-state index in [1.807, 2.05) is 6.26 Å². The molecule has 0 atom stereocenters. The van der Waals surface area contributed by atoms with Gasteiger partial charge in [-0.2, -0.15) is 0 Å². The molecule has 3 nitrogen and oxygen atoms in total. The van der Waals surface area contributed by atoms with Gasteiger partial charge in [-0.1, -0.05) is 6.07 Å². The highest BCUT2D eigenvalue weighted by Gasteiger charge is 2.16. The Labute approximate surface area is 119 Å². The Balaban J connectivity index is 2.52. The van der Waals surface area contributed by atoms with Gasteiger partial charge in [-0.15, -0.1) is 11.8 Å². The maximum atomic E-state index is 14.1. The molecule has 20 heavy (non-hydrogen) atoms. The molecule has 0 amide bonds. The monoisotopic (exact) mass is 297 g/mol. The molecule has 0 fully saturated rings. The lowest BCUT2D eigenvalue weighted by Gasteiger charge is -2.12. The summed E-state index contributed by atoms with van der Waals surface area (Å²) in [6, 6.07) is 6.52. The van der Waals surface area contributed by atoms with Gasteiger partial charge in [0, 0.05) is 25.2 Å². The molecule has 0 aliphatic carbocycles. The maximum Gasteiger partial charge on any atom is 0.250 e. The second-order valence-corrected chi connectivity index (χ2v) is 4.93. The van der Waals surface area contributed by atoms with Crippen LogP contribution in [0.4, 0.5) is 8.78 Å². The van der Waals surface area contributed by atoms with Crippen molar-refractivity contribution in [2.75, 3.05) is 12.2 Å². The highest BCUT2D eigenvalue weighted by molar-refractivity contribution is 7.98. The van der Waals surface area contributed by atoms with Crippen LogP contribution in [-0.2, 0) is 7.05 Å². The number of hydrogen-bond acceptors (Lipinski definition) is 3. The minimum Gasteiger partial charge on any atom is -0.483 e. The van der Waals surface area contributed by atoms with Crippen LogP contribution >= 0.6 is 11.8 Å². The van der Waals surface area contributed by atoms with Crippen molar-refractivity contribution >= 4 is 11.8 Å². The summed E-state index contributed by atoms with van der Waals surface area (Å²) < 4.78 is 34.6. The topological polar surface area (TPSA) is 31.2 Å². The fourth-order valence-corrected chi connectivity index (χ4v) is 2.07. The van der Waals surface area contributed by atoms with Crippen molar-refractivity contribution in [2.45, 2.75) is 0 Å². The van der Waals surface area contributed by atoms with E-state index in [0.29, 0.717) is 5.94 Å². The van der Waals surface area contributed by atoms with Crippen LogP contribution in [0.5, 0.6) is 5.75 Å². The van der Waals surface area contributed by atoms with Crippen LogP contribution in [0.15, 0.2) is 35.1 Å². The van der Waals surface area contributed by atoms with Crippen LogP contribution in [0, 0.1) is 11.6 Å². The fourth-order valence-electron chi connectivity index (χ4n) is 1.82. The largest absolute Gasteiger partial charge is 0.483 e. The smallest absolute Gasteiger partial charge is 0.250 e. The van der Waals surface area contributed by atoms with E-state index in [2.05, 4.69) is 0 Å². The van der Waals surface area contributed by atoms with E-state index in [4.69, 9.17) is 4.74 Å². The lowest BCUT2D eigenvalue weighted by atomic mass is 10.1. The molecule has 106 valence electrons. The molecule has 2 rings (SSSR count). The van der Waals surface area contributed by atoms with E-state index in [1.54, 1.807) is 0 Å². The molecule has 1 aromatic carbocycles. The zero-order valence-corrected chi connectivity index (χ0v) is 11.8. The number of aromatic nitrogens is 1. The molecule has 0 saturated heterocycles. The van der Waals surface area contributed by atoms with E-state index in [9.17, 15) is 13.6 Å².